The van der Waals surface area contributed by atoms with Gasteiger partial charge in [0.2, 0.25) is 11.8 Å². The molecule has 3 N–H and O–H groups in total. The Hall–Kier alpha value is -3.06. The SMILES string of the molecule is COc1ccc(OC)c(NC(=O)C2CC(C(C)C)NC23C(=O)Nc2ccc(C)cc23)c1. The first-order valence-corrected chi connectivity index (χ1v) is 10.5. The van der Waals surface area contributed by atoms with E-state index in [0.29, 0.717) is 23.6 Å². The van der Waals surface area contributed by atoms with Gasteiger partial charge in [0.15, 0.2) is 0 Å². The highest BCUT2D eigenvalue weighted by Crippen LogP contribution is 2.48. The van der Waals surface area contributed by atoms with Crippen LogP contribution in [0.3, 0.4) is 0 Å². The van der Waals surface area contributed by atoms with Crippen LogP contribution in [0.2, 0.25) is 0 Å². The van der Waals surface area contributed by atoms with Crippen LogP contribution in [0.1, 0.15) is 31.4 Å². The number of anilines is 2. The third-order valence-corrected chi connectivity index (χ3v) is 6.42. The van der Waals surface area contributed by atoms with E-state index >= 15 is 0 Å². The molecule has 31 heavy (non-hydrogen) atoms. The van der Waals surface area contributed by atoms with Crippen LogP contribution in [-0.4, -0.2) is 32.1 Å². The summed E-state index contributed by atoms with van der Waals surface area (Å²) in [5.74, 6) is 0.402. The molecule has 0 aromatic heterocycles. The first kappa shape index (κ1) is 21.2. The third-order valence-electron chi connectivity index (χ3n) is 6.42. The number of amides is 2. The molecule has 2 aromatic rings. The Kier molecular flexibility index (Phi) is 5.39. The standard InChI is InChI=1S/C24H29N3O4/c1-13(2)19-12-17(22(28)25-20-11-15(30-4)7-9-21(20)31-5)24(27-19)16-10-14(3)6-8-18(16)26-23(24)29/h6-11,13,17,19,27H,12H2,1-5H3,(H,25,28)(H,26,29). The number of hydrogen-bond acceptors (Lipinski definition) is 5. The van der Waals surface area contributed by atoms with E-state index in [2.05, 4.69) is 29.8 Å². The molecular weight excluding hydrogens is 394 g/mol. The van der Waals surface area contributed by atoms with Crippen molar-refractivity contribution in [3.63, 3.8) is 0 Å². The monoisotopic (exact) mass is 423 g/mol. The Balaban J connectivity index is 1.75. The Bertz CT molecular complexity index is 1040. The molecule has 3 unspecified atom stereocenters. The number of benzene rings is 2. The summed E-state index contributed by atoms with van der Waals surface area (Å²) in [5, 5.41) is 9.51. The number of methoxy groups -OCH3 is 2. The zero-order valence-electron chi connectivity index (χ0n) is 18.5. The molecule has 164 valence electrons. The Labute approximate surface area is 182 Å². The second-order valence-electron chi connectivity index (χ2n) is 8.65. The zero-order valence-corrected chi connectivity index (χ0v) is 18.5. The van der Waals surface area contributed by atoms with Gasteiger partial charge in [-0.25, -0.2) is 0 Å². The maximum atomic E-state index is 13.6. The van der Waals surface area contributed by atoms with Gasteiger partial charge in [-0.1, -0.05) is 31.5 Å². The van der Waals surface area contributed by atoms with Gasteiger partial charge in [0, 0.05) is 23.4 Å². The van der Waals surface area contributed by atoms with E-state index in [4.69, 9.17) is 9.47 Å². The summed E-state index contributed by atoms with van der Waals surface area (Å²) in [7, 11) is 3.12. The van der Waals surface area contributed by atoms with Crippen molar-refractivity contribution in [1.82, 2.24) is 5.32 Å². The number of ether oxygens (including phenoxy) is 2. The van der Waals surface area contributed by atoms with E-state index in [1.165, 1.54) is 0 Å². The summed E-state index contributed by atoms with van der Waals surface area (Å²) >= 11 is 0. The molecule has 2 aliphatic heterocycles. The van der Waals surface area contributed by atoms with Gasteiger partial charge in [0.05, 0.1) is 25.8 Å². The number of rotatable bonds is 5. The molecule has 2 amide bonds. The largest absolute Gasteiger partial charge is 0.497 e. The van der Waals surface area contributed by atoms with Crippen molar-refractivity contribution in [3.8, 4) is 11.5 Å². The lowest BCUT2D eigenvalue weighted by Gasteiger charge is -2.30. The van der Waals surface area contributed by atoms with E-state index < -0.39 is 11.5 Å². The van der Waals surface area contributed by atoms with Gasteiger partial charge >= 0.3 is 0 Å². The van der Waals surface area contributed by atoms with Crippen LogP contribution in [0, 0.1) is 18.8 Å². The molecule has 1 spiro atoms. The van der Waals surface area contributed by atoms with Gasteiger partial charge in [-0.3, -0.25) is 14.9 Å². The fourth-order valence-corrected chi connectivity index (χ4v) is 4.68. The Morgan fingerprint density at radius 3 is 2.61 bits per heavy atom. The molecule has 0 bridgehead atoms. The summed E-state index contributed by atoms with van der Waals surface area (Å²) in [6.07, 6.45) is 0.552. The summed E-state index contributed by atoms with van der Waals surface area (Å²) in [4.78, 5) is 27.0. The lowest BCUT2D eigenvalue weighted by Crippen LogP contribution is -2.52. The summed E-state index contributed by atoms with van der Waals surface area (Å²) in [6.45, 7) is 6.18. The Morgan fingerprint density at radius 1 is 1.16 bits per heavy atom. The van der Waals surface area contributed by atoms with Crippen LogP contribution < -0.4 is 25.4 Å². The first-order valence-electron chi connectivity index (χ1n) is 10.5. The van der Waals surface area contributed by atoms with Gasteiger partial charge in [-0.15, -0.1) is 0 Å². The molecule has 0 saturated carbocycles. The molecule has 1 fully saturated rings. The van der Waals surface area contributed by atoms with Crippen molar-refractivity contribution >= 4 is 23.2 Å². The van der Waals surface area contributed by atoms with Gasteiger partial charge in [-0.2, -0.15) is 0 Å². The quantitative estimate of drug-likeness (QED) is 0.686. The van der Waals surface area contributed by atoms with Gasteiger partial charge in [0.1, 0.15) is 17.0 Å². The van der Waals surface area contributed by atoms with E-state index in [1.807, 2.05) is 25.1 Å². The predicted molar refractivity (Wildman–Crippen MR) is 120 cm³/mol. The average Bonchev–Trinajstić information content (AvgIpc) is 3.28. The molecule has 0 aliphatic carbocycles. The fraction of sp³-hybridized carbons (Fsp3) is 0.417. The topological polar surface area (TPSA) is 88.7 Å². The van der Waals surface area contributed by atoms with Crippen molar-refractivity contribution in [2.24, 2.45) is 11.8 Å². The second kappa shape index (κ2) is 7.89. The summed E-state index contributed by atoms with van der Waals surface area (Å²) in [6, 6.07) is 11.1. The minimum absolute atomic E-state index is 0.0279. The molecule has 7 nitrogen and oxygen atoms in total. The minimum atomic E-state index is -1.10. The number of hydrogen-bond donors (Lipinski definition) is 3. The van der Waals surface area contributed by atoms with E-state index in [1.54, 1.807) is 32.4 Å². The lowest BCUT2D eigenvalue weighted by atomic mass is 9.79. The fourth-order valence-electron chi connectivity index (χ4n) is 4.68. The normalized spacial score (nSPS) is 24.3. The molecule has 1 saturated heterocycles. The maximum Gasteiger partial charge on any atom is 0.250 e. The molecule has 4 rings (SSSR count). The lowest BCUT2D eigenvalue weighted by molar-refractivity contribution is -0.130. The van der Waals surface area contributed by atoms with E-state index in [-0.39, 0.29) is 23.8 Å². The van der Waals surface area contributed by atoms with Gasteiger partial charge in [-0.05, 0) is 37.5 Å². The number of carbonyl (C=O) groups excluding carboxylic acids is 2. The Morgan fingerprint density at radius 2 is 1.94 bits per heavy atom. The molecular formula is C24H29N3O4. The third kappa shape index (κ3) is 3.43. The van der Waals surface area contributed by atoms with E-state index in [0.717, 1.165) is 16.8 Å². The van der Waals surface area contributed by atoms with Crippen LogP contribution in [0.4, 0.5) is 11.4 Å². The zero-order chi connectivity index (χ0) is 22.3. The maximum absolute atomic E-state index is 13.6. The highest BCUT2D eigenvalue weighted by Gasteiger charge is 2.60. The van der Waals surface area contributed by atoms with Crippen LogP contribution in [-0.2, 0) is 15.1 Å². The van der Waals surface area contributed by atoms with Crippen molar-refractivity contribution in [2.45, 2.75) is 38.8 Å². The summed E-state index contributed by atoms with van der Waals surface area (Å²) < 4.78 is 10.7. The highest BCUT2D eigenvalue weighted by atomic mass is 16.5. The average molecular weight is 424 g/mol. The molecule has 2 aliphatic rings. The molecule has 0 radical (unpaired) electrons. The van der Waals surface area contributed by atoms with Gasteiger partial charge in [0.25, 0.3) is 0 Å². The van der Waals surface area contributed by atoms with Crippen molar-refractivity contribution in [1.29, 1.82) is 0 Å². The van der Waals surface area contributed by atoms with E-state index in [9.17, 15) is 9.59 Å². The molecule has 3 atom stereocenters. The van der Waals surface area contributed by atoms with Crippen molar-refractivity contribution in [2.75, 3.05) is 24.9 Å². The molecule has 2 aromatic carbocycles. The number of fused-ring (bicyclic) bond motifs is 2. The second-order valence-corrected chi connectivity index (χ2v) is 8.65. The number of carbonyl (C=O) groups is 2. The molecule has 2 heterocycles. The predicted octanol–water partition coefficient (Wildman–Crippen LogP) is 3.43. The van der Waals surface area contributed by atoms with Crippen LogP contribution in [0.25, 0.3) is 0 Å². The van der Waals surface area contributed by atoms with Crippen molar-refractivity contribution in [3.05, 3.63) is 47.5 Å². The smallest absolute Gasteiger partial charge is 0.250 e. The molecule has 7 heteroatoms. The number of aryl methyl sites for hydroxylation is 1. The van der Waals surface area contributed by atoms with Crippen LogP contribution >= 0.6 is 0 Å². The number of nitrogens with one attached hydrogen (secondary N) is 3. The van der Waals surface area contributed by atoms with Crippen LogP contribution in [0.5, 0.6) is 11.5 Å². The van der Waals surface area contributed by atoms with Crippen molar-refractivity contribution < 1.29 is 19.1 Å². The first-order chi connectivity index (χ1) is 14.8. The highest BCUT2D eigenvalue weighted by molar-refractivity contribution is 6.10. The summed E-state index contributed by atoms with van der Waals surface area (Å²) in [5.41, 5.74) is 2.03. The van der Waals surface area contributed by atoms with Gasteiger partial charge < -0.3 is 20.1 Å². The minimum Gasteiger partial charge on any atom is -0.497 e. The van der Waals surface area contributed by atoms with Crippen LogP contribution in [0.15, 0.2) is 36.4 Å².